The zero-order valence-electron chi connectivity index (χ0n) is 11.3. The van der Waals surface area contributed by atoms with Gasteiger partial charge in [-0.2, -0.15) is 0 Å². The normalized spacial score (nSPS) is 18.5. The predicted octanol–water partition coefficient (Wildman–Crippen LogP) is 3.46. The van der Waals surface area contributed by atoms with Crippen LogP contribution in [0.1, 0.15) is 42.0 Å². The second kappa shape index (κ2) is 5.54. The maximum absolute atomic E-state index is 4.27. The molecule has 1 N–H and O–H groups in total. The summed E-state index contributed by atoms with van der Waals surface area (Å²) in [5.74, 6) is 0.590. The van der Waals surface area contributed by atoms with Gasteiger partial charge in [0.25, 0.3) is 0 Å². The molecule has 2 heteroatoms. The highest BCUT2D eigenvalue weighted by atomic mass is 14.9. The van der Waals surface area contributed by atoms with Crippen molar-refractivity contribution in [1.82, 2.24) is 10.3 Å². The van der Waals surface area contributed by atoms with Crippen molar-refractivity contribution in [1.29, 1.82) is 0 Å². The smallest absolute Gasteiger partial charge is 0.0408 e. The molecule has 1 aromatic carbocycles. The number of nitrogens with one attached hydrogen (secondary N) is 1. The monoisotopic (exact) mass is 252 g/mol. The van der Waals surface area contributed by atoms with Gasteiger partial charge in [0, 0.05) is 24.4 Å². The number of benzene rings is 1. The molecule has 0 radical (unpaired) electrons. The maximum atomic E-state index is 4.27. The number of nitrogens with zero attached hydrogens (tertiary/aromatic N) is 1. The zero-order valence-corrected chi connectivity index (χ0v) is 11.3. The average molecular weight is 252 g/mol. The molecule has 0 saturated heterocycles. The second-order valence-corrected chi connectivity index (χ2v) is 5.23. The molecule has 0 aliphatic heterocycles. The van der Waals surface area contributed by atoms with Gasteiger partial charge in [0.05, 0.1) is 0 Å². The summed E-state index contributed by atoms with van der Waals surface area (Å²) >= 11 is 0. The van der Waals surface area contributed by atoms with Crippen molar-refractivity contribution < 1.29 is 0 Å². The Balaban J connectivity index is 1.85. The van der Waals surface area contributed by atoms with Crippen molar-refractivity contribution in [3.8, 4) is 0 Å². The summed E-state index contributed by atoms with van der Waals surface area (Å²) < 4.78 is 0. The van der Waals surface area contributed by atoms with E-state index >= 15 is 0 Å². The van der Waals surface area contributed by atoms with E-state index in [4.69, 9.17) is 0 Å². The molecule has 1 aromatic heterocycles. The van der Waals surface area contributed by atoms with E-state index < -0.39 is 0 Å². The lowest BCUT2D eigenvalue weighted by atomic mass is 9.72. The van der Waals surface area contributed by atoms with E-state index in [1.54, 1.807) is 0 Å². The molecule has 2 atom stereocenters. The van der Waals surface area contributed by atoms with Crippen LogP contribution >= 0.6 is 0 Å². The second-order valence-electron chi connectivity index (χ2n) is 5.23. The highest BCUT2D eigenvalue weighted by Crippen LogP contribution is 2.43. The van der Waals surface area contributed by atoms with Crippen molar-refractivity contribution in [3.63, 3.8) is 0 Å². The molecule has 0 saturated carbocycles. The van der Waals surface area contributed by atoms with Crippen LogP contribution in [0.3, 0.4) is 0 Å². The molecular weight excluding hydrogens is 232 g/mol. The Morgan fingerprint density at radius 3 is 2.89 bits per heavy atom. The molecule has 0 amide bonds. The van der Waals surface area contributed by atoms with E-state index in [0.717, 1.165) is 13.0 Å². The molecule has 0 bridgehead atoms. The Hall–Kier alpha value is -1.67. The lowest BCUT2D eigenvalue weighted by Gasteiger charge is -2.37. The summed E-state index contributed by atoms with van der Waals surface area (Å²) in [6.07, 6.45) is 6.17. The van der Waals surface area contributed by atoms with Crippen molar-refractivity contribution in [2.75, 3.05) is 6.54 Å². The van der Waals surface area contributed by atoms with Crippen molar-refractivity contribution in [3.05, 3.63) is 65.5 Å². The van der Waals surface area contributed by atoms with Crippen LogP contribution in [0, 0.1) is 0 Å². The number of rotatable bonds is 5. The molecule has 3 rings (SSSR count). The fourth-order valence-corrected chi connectivity index (χ4v) is 2.95. The average Bonchev–Trinajstić information content (AvgIpc) is 2.45. The van der Waals surface area contributed by atoms with Gasteiger partial charge in [-0.25, -0.2) is 0 Å². The molecule has 98 valence electrons. The topological polar surface area (TPSA) is 24.9 Å². The Bertz CT molecular complexity index is 536. The first-order chi connectivity index (χ1) is 9.40. The molecule has 1 aliphatic rings. The highest BCUT2D eigenvalue weighted by molar-refractivity contribution is 5.42. The minimum absolute atomic E-state index is 0.392. The van der Waals surface area contributed by atoms with Crippen molar-refractivity contribution >= 4 is 0 Å². The van der Waals surface area contributed by atoms with Gasteiger partial charge in [-0.05, 0) is 42.1 Å². The number of pyridine rings is 1. The SMILES string of the molecule is CCCNC(c1cccnc1)C1Cc2ccccc21. The Kier molecular flexibility index (Phi) is 3.60. The van der Waals surface area contributed by atoms with Gasteiger partial charge in [0.15, 0.2) is 0 Å². The lowest BCUT2D eigenvalue weighted by molar-refractivity contribution is 0.411. The largest absolute Gasteiger partial charge is 0.309 e. The van der Waals surface area contributed by atoms with E-state index in [0.29, 0.717) is 12.0 Å². The van der Waals surface area contributed by atoms with Crippen LogP contribution in [0.5, 0.6) is 0 Å². The molecule has 1 aliphatic carbocycles. The summed E-state index contributed by atoms with van der Waals surface area (Å²) in [6, 6.07) is 13.4. The summed E-state index contributed by atoms with van der Waals surface area (Å²) in [5.41, 5.74) is 4.30. The van der Waals surface area contributed by atoms with Crippen LogP contribution < -0.4 is 5.32 Å². The van der Waals surface area contributed by atoms with Gasteiger partial charge in [0.2, 0.25) is 0 Å². The predicted molar refractivity (Wildman–Crippen MR) is 78.2 cm³/mol. The van der Waals surface area contributed by atoms with E-state index in [2.05, 4.69) is 47.6 Å². The van der Waals surface area contributed by atoms with Gasteiger partial charge in [0.1, 0.15) is 0 Å². The first-order valence-corrected chi connectivity index (χ1v) is 7.11. The molecule has 0 spiro atoms. The summed E-state index contributed by atoms with van der Waals surface area (Å²) in [7, 11) is 0. The first kappa shape index (κ1) is 12.4. The van der Waals surface area contributed by atoms with Gasteiger partial charge in [-0.3, -0.25) is 4.98 Å². The van der Waals surface area contributed by atoms with E-state index in [1.165, 1.54) is 23.1 Å². The molecule has 1 heterocycles. The van der Waals surface area contributed by atoms with Gasteiger partial charge in [-0.1, -0.05) is 37.3 Å². The highest BCUT2D eigenvalue weighted by Gasteiger charge is 2.33. The fourth-order valence-electron chi connectivity index (χ4n) is 2.95. The quantitative estimate of drug-likeness (QED) is 0.881. The van der Waals surface area contributed by atoms with E-state index in [9.17, 15) is 0 Å². The zero-order chi connectivity index (χ0) is 13.1. The summed E-state index contributed by atoms with van der Waals surface area (Å²) in [5, 5.41) is 3.69. The number of hydrogen-bond donors (Lipinski definition) is 1. The summed E-state index contributed by atoms with van der Waals surface area (Å²) in [4.78, 5) is 4.27. The third-order valence-electron chi connectivity index (χ3n) is 3.95. The molecule has 0 fully saturated rings. The Labute approximate surface area is 114 Å². The Morgan fingerprint density at radius 1 is 1.26 bits per heavy atom. The number of hydrogen-bond acceptors (Lipinski definition) is 2. The van der Waals surface area contributed by atoms with E-state index in [-0.39, 0.29) is 0 Å². The molecular formula is C17H20N2. The third kappa shape index (κ3) is 2.41. The van der Waals surface area contributed by atoms with Crippen LogP contribution in [0.2, 0.25) is 0 Å². The van der Waals surface area contributed by atoms with Gasteiger partial charge in [-0.15, -0.1) is 0 Å². The molecule has 2 unspecified atom stereocenters. The Morgan fingerprint density at radius 2 is 2.16 bits per heavy atom. The lowest BCUT2D eigenvalue weighted by Crippen LogP contribution is -2.33. The first-order valence-electron chi connectivity index (χ1n) is 7.11. The molecule has 2 aromatic rings. The maximum Gasteiger partial charge on any atom is 0.0408 e. The van der Waals surface area contributed by atoms with Gasteiger partial charge < -0.3 is 5.32 Å². The number of aromatic nitrogens is 1. The minimum atomic E-state index is 0.392. The number of fused-ring (bicyclic) bond motifs is 1. The fraction of sp³-hybridized carbons (Fsp3) is 0.353. The van der Waals surface area contributed by atoms with Crippen LogP contribution in [0.25, 0.3) is 0 Å². The third-order valence-corrected chi connectivity index (χ3v) is 3.95. The molecule has 19 heavy (non-hydrogen) atoms. The van der Waals surface area contributed by atoms with Crippen LogP contribution in [0.15, 0.2) is 48.8 Å². The van der Waals surface area contributed by atoms with Crippen LogP contribution in [-0.2, 0) is 6.42 Å². The van der Waals surface area contributed by atoms with Crippen molar-refractivity contribution in [2.45, 2.75) is 31.7 Å². The van der Waals surface area contributed by atoms with Crippen LogP contribution in [0.4, 0.5) is 0 Å². The molecule has 2 nitrogen and oxygen atoms in total. The van der Waals surface area contributed by atoms with E-state index in [1.807, 2.05) is 18.5 Å². The standard InChI is InChI=1S/C17H20N2/c1-2-9-19-17(14-7-5-10-18-12-14)16-11-13-6-3-4-8-15(13)16/h3-8,10,12,16-17,19H,2,9,11H2,1H3. The van der Waals surface area contributed by atoms with Crippen molar-refractivity contribution in [2.24, 2.45) is 0 Å². The minimum Gasteiger partial charge on any atom is -0.309 e. The van der Waals surface area contributed by atoms with Crippen LogP contribution in [-0.4, -0.2) is 11.5 Å². The van der Waals surface area contributed by atoms with Gasteiger partial charge >= 0.3 is 0 Å². The summed E-state index contributed by atoms with van der Waals surface area (Å²) in [6.45, 7) is 3.26.